The van der Waals surface area contributed by atoms with Crippen LogP contribution in [0.4, 0.5) is 4.79 Å². The predicted octanol–water partition coefficient (Wildman–Crippen LogP) is -1.02. The second-order valence-corrected chi connectivity index (χ2v) is 2.99. The molecular formula is C8H15N3O4. The zero-order chi connectivity index (χ0) is 12.0. The molecule has 0 aromatic carbocycles. The molecule has 15 heavy (non-hydrogen) atoms. The number of hydrogen-bond acceptors (Lipinski definition) is 3. The third kappa shape index (κ3) is 4.84. The first-order chi connectivity index (χ1) is 6.88. The minimum absolute atomic E-state index is 0.228. The summed E-state index contributed by atoms with van der Waals surface area (Å²) in [6.45, 7) is 3.04. The summed E-state index contributed by atoms with van der Waals surface area (Å²) in [6, 6.07) is -1.62. The average molecular weight is 217 g/mol. The van der Waals surface area contributed by atoms with Gasteiger partial charge in [-0.2, -0.15) is 0 Å². The van der Waals surface area contributed by atoms with Crippen LogP contribution in [-0.4, -0.2) is 47.0 Å². The van der Waals surface area contributed by atoms with Crippen molar-refractivity contribution in [3.05, 3.63) is 0 Å². The van der Waals surface area contributed by atoms with Crippen molar-refractivity contribution in [2.45, 2.75) is 19.9 Å². The lowest BCUT2D eigenvalue weighted by Crippen LogP contribution is -2.48. The van der Waals surface area contributed by atoms with Gasteiger partial charge in [-0.3, -0.25) is 9.59 Å². The minimum Gasteiger partial charge on any atom is -0.480 e. The van der Waals surface area contributed by atoms with E-state index >= 15 is 0 Å². The number of nitrogens with zero attached hydrogens (tertiary/aromatic N) is 1. The highest BCUT2D eigenvalue weighted by atomic mass is 16.4. The lowest BCUT2D eigenvalue weighted by Gasteiger charge is -2.21. The first-order valence-electron chi connectivity index (χ1n) is 4.45. The maximum Gasteiger partial charge on any atom is 0.325 e. The molecule has 0 aromatic heterocycles. The third-order valence-electron chi connectivity index (χ3n) is 1.73. The molecule has 3 amide bonds. The molecule has 86 valence electrons. The molecule has 7 heteroatoms. The van der Waals surface area contributed by atoms with Gasteiger partial charge in [0.15, 0.2) is 0 Å². The Balaban J connectivity index is 4.27. The van der Waals surface area contributed by atoms with E-state index in [2.05, 4.69) is 5.32 Å². The van der Waals surface area contributed by atoms with Gasteiger partial charge in [0.1, 0.15) is 12.6 Å². The number of carboxylic acids is 1. The van der Waals surface area contributed by atoms with Crippen molar-refractivity contribution in [1.82, 2.24) is 10.2 Å². The Kier molecular flexibility index (Phi) is 5.14. The van der Waals surface area contributed by atoms with Crippen LogP contribution in [0.3, 0.4) is 0 Å². The van der Waals surface area contributed by atoms with Crippen LogP contribution in [0.1, 0.15) is 13.8 Å². The molecule has 0 saturated carbocycles. The maximum absolute atomic E-state index is 11.4. The molecule has 0 aliphatic carbocycles. The number of amides is 3. The van der Waals surface area contributed by atoms with E-state index in [4.69, 9.17) is 10.8 Å². The Morgan fingerprint density at radius 1 is 1.47 bits per heavy atom. The van der Waals surface area contributed by atoms with Crippen LogP contribution in [0.2, 0.25) is 0 Å². The second kappa shape index (κ2) is 5.84. The normalized spacial score (nSPS) is 11.6. The lowest BCUT2D eigenvalue weighted by molar-refractivity contribution is -0.138. The van der Waals surface area contributed by atoms with Crippen molar-refractivity contribution in [3.63, 3.8) is 0 Å². The number of nitrogens with one attached hydrogen (secondary N) is 1. The molecule has 0 unspecified atom stereocenters. The Bertz CT molecular complexity index is 267. The van der Waals surface area contributed by atoms with Crippen molar-refractivity contribution < 1.29 is 19.5 Å². The molecule has 0 radical (unpaired) electrons. The molecule has 0 rings (SSSR count). The summed E-state index contributed by atoms with van der Waals surface area (Å²) in [5.41, 5.74) is 4.92. The van der Waals surface area contributed by atoms with E-state index in [1.807, 2.05) is 0 Å². The molecular weight excluding hydrogens is 202 g/mol. The van der Waals surface area contributed by atoms with E-state index in [1.54, 1.807) is 6.92 Å². The standard InChI is InChI=1S/C8H15N3O4/c1-3-11(4-6(9)12)8(15)10-5(2)7(13)14/h5H,3-4H2,1-2H3,(H2,9,12)(H,10,15)(H,13,14)/t5-/m1/s1. The molecule has 0 bridgehead atoms. The Hall–Kier alpha value is -1.79. The third-order valence-corrected chi connectivity index (χ3v) is 1.73. The highest BCUT2D eigenvalue weighted by molar-refractivity contribution is 5.85. The van der Waals surface area contributed by atoms with Crippen LogP contribution in [0.25, 0.3) is 0 Å². The fourth-order valence-electron chi connectivity index (χ4n) is 0.854. The first-order valence-corrected chi connectivity index (χ1v) is 4.45. The van der Waals surface area contributed by atoms with E-state index in [-0.39, 0.29) is 13.1 Å². The summed E-state index contributed by atoms with van der Waals surface area (Å²) in [5, 5.41) is 10.8. The number of likely N-dealkylation sites (N-methyl/N-ethyl adjacent to an activating group) is 1. The number of carbonyl (C=O) groups is 3. The van der Waals surface area contributed by atoms with E-state index in [9.17, 15) is 14.4 Å². The number of primary amides is 1. The van der Waals surface area contributed by atoms with Gasteiger partial charge in [-0.15, -0.1) is 0 Å². The number of nitrogens with two attached hydrogens (primary N) is 1. The monoisotopic (exact) mass is 217 g/mol. The topological polar surface area (TPSA) is 113 Å². The second-order valence-electron chi connectivity index (χ2n) is 2.99. The van der Waals surface area contributed by atoms with E-state index in [1.165, 1.54) is 6.92 Å². The smallest absolute Gasteiger partial charge is 0.325 e. The Morgan fingerprint density at radius 2 is 2.00 bits per heavy atom. The summed E-state index contributed by atoms with van der Waals surface area (Å²) in [6.07, 6.45) is 0. The highest BCUT2D eigenvalue weighted by Gasteiger charge is 2.19. The summed E-state index contributed by atoms with van der Waals surface area (Å²) < 4.78 is 0. The molecule has 0 aliphatic heterocycles. The van der Waals surface area contributed by atoms with Gasteiger partial charge in [-0.1, -0.05) is 0 Å². The van der Waals surface area contributed by atoms with Crippen molar-refractivity contribution >= 4 is 17.9 Å². The molecule has 1 atom stereocenters. The van der Waals surface area contributed by atoms with Crippen LogP contribution >= 0.6 is 0 Å². The predicted molar refractivity (Wildman–Crippen MR) is 52.1 cm³/mol. The van der Waals surface area contributed by atoms with Crippen molar-refractivity contribution in [2.75, 3.05) is 13.1 Å². The summed E-state index contributed by atoms with van der Waals surface area (Å²) in [7, 11) is 0. The molecule has 0 aliphatic rings. The van der Waals surface area contributed by atoms with Crippen LogP contribution in [0.15, 0.2) is 0 Å². The number of carbonyl (C=O) groups excluding carboxylic acids is 2. The SMILES string of the molecule is CCN(CC(N)=O)C(=O)N[C@H](C)C(=O)O. The van der Waals surface area contributed by atoms with Crippen LogP contribution in [0, 0.1) is 0 Å². The zero-order valence-corrected chi connectivity index (χ0v) is 8.69. The van der Waals surface area contributed by atoms with Crippen molar-refractivity contribution in [2.24, 2.45) is 5.73 Å². The Morgan fingerprint density at radius 3 is 2.33 bits per heavy atom. The molecule has 0 saturated heterocycles. The van der Waals surface area contributed by atoms with Crippen LogP contribution in [-0.2, 0) is 9.59 Å². The molecule has 0 heterocycles. The van der Waals surface area contributed by atoms with Gasteiger partial charge in [-0.05, 0) is 13.8 Å². The Labute approximate surface area is 87.2 Å². The fraction of sp³-hybridized carbons (Fsp3) is 0.625. The van der Waals surface area contributed by atoms with Crippen molar-refractivity contribution in [1.29, 1.82) is 0 Å². The maximum atomic E-state index is 11.4. The van der Waals surface area contributed by atoms with Crippen LogP contribution in [0.5, 0.6) is 0 Å². The number of rotatable bonds is 5. The van der Waals surface area contributed by atoms with Crippen molar-refractivity contribution in [3.8, 4) is 0 Å². The van der Waals surface area contributed by atoms with Gasteiger partial charge in [0.05, 0.1) is 0 Å². The quantitative estimate of drug-likeness (QED) is 0.546. The highest BCUT2D eigenvalue weighted by Crippen LogP contribution is 1.91. The molecule has 0 aromatic rings. The zero-order valence-electron chi connectivity index (χ0n) is 8.69. The summed E-state index contributed by atoms with van der Waals surface area (Å²) in [5.74, 6) is -1.78. The number of aliphatic carboxylic acids is 1. The van der Waals surface area contributed by atoms with Gasteiger partial charge >= 0.3 is 12.0 Å². The van der Waals surface area contributed by atoms with E-state index in [0.717, 1.165) is 4.90 Å². The van der Waals surface area contributed by atoms with Gasteiger partial charge in [0.25, 0.3) is 0 Å². The number of carboxylic acid groups (broad SMARTS) is 1. The van der Waals surface area contributed by atoms with Gasteiger partial charge < -0.3 is 21.1 Å². The van der Waals surface area contributed by atoms with E-state index < -0.39 is 23.9 Å². The van der Waals surface area contributed by atoms with Gasteiger partial charge in [0, 0.05) is 6.54 Å². The first kappa shape index (κ1) is 13.2. The number of urea groups is 1. The minimum atomic E-state index is -1.14. The lowest BCUT2D eigenvalue weighted by atomic mass is 10.3. The van der Waals surface area contributed by atoms with Gasteiger partial charge in [0.2, 0.25) is 5.91 Å². The fourth-order valence-corrected chi connectivity index (χ4v) is 0.854. The number of hydrogen-bond donors (Lipinski definition) is 3. The molecule has 0 spiro atoms. The van der Waals surface area contributed by atoms with Gasteiger partial charge in [-0.25, -0.2) is 4.79 Å². The molecule has 7 nitrogen and oxygen atoms in total. The molecule has 0 fully saturated rings. The molecule has 4 N–H and O–H groups in total. The average Bonchev–Trinajstić information content (AvgIpc) is 2.13. The van der Waals surface area contributed by atoms with E-state index in [0.29, 0.717) is 0 Å². The summed E-state index contributed by atoms with van der Waals surface area (Å²) >= 11 is 0. The largest absolute Gasteiger partial charge is 0.480 e. The van der Waals surface area contributed by atoms with Crippen LogP contribution < -0.4 is 11.1 Å². The summed E-state index contributed by atoms with van der Waals surface area (Å²) in [4.78, 5) is 33.5.